The second-order valence-corrected chi connectivity index (χ2v) is 7.05. The molecule has 0 saturated carbocycles. The van der Waals surface area contributed by atoms with Gasteiger partial charge in [0.05, 0.1) is 16.3 Å². The van der Waals surface area contributed by atoms with Crippen molar-refractivity contribution in [1.29, 1.82) is 0 Å². The van der Waals surface area contributed by atoms with E-state index in [1.54, 1.807) is 19.1 Å². The smallest absolute Gasteiger partial charge is 0.180 e. The van der Waals surface area contributed by atoms with Crippen molar-refractivity contribution in [2.45, 2.75) is 18.4 Å². The van der Waals surface area contributed by atoms with E-state index in [4.69, 9.17) is 5.73 Å². The summed E-state index contributed by atoms with van der Waals surface area (Å²) in [5, 5.41) is 0. The summed E-state index contributed by atoms with van der Waals surface area (Å²) in [6.07, 6.45) is 0. The van der Waals surface area contributed by atoms with Gasteiger partial charge in [-0.15, -0.1) is 0 Å². The fraction of sp³-hybridized carbons (Fsp3) is 0.250. The van der Waals surface area contributed by atoms with Gasteiger partial charge in [-0.2, -0.15) is 0 Å². The molecule has 112 valence electrons. The van der Waals surface area contributed by atoms with Crippen LogP contribution in [0.4, 0.5) is 11.4 Å². The van der Waals surface area contributed by atoms with Crippen LogP contribution >= 0.6 is 0 Å². The Labute approximate surface area is 126 Å². The summed E-state index contributed by atoms with van der Waals surface area (Å²) >= 11 is 0. The lowest BCUT2D eigenvalue weighted by atomic mass is 10.2. The Kier molecular flexibility index (Phi) is 4.65. The van der Waals surface area contributed by atoms with Crippen molar-refractivity contribution in [1.82, 2.24) is 0 Å². The predicted octanol–water partition coefficient (Wildman–Crippen LogP) is 2.71. The molecule has 0 aliphatic heterocycles. The quantitative estimate of drug-likeness (QED) is 0.922. The number of para-hydroxylation sites is 1. The summed E-state index contributed by atoms with van der Waals surface area (Å²) < 4.78 is 24.5. The molecule has 0 amide bonds. The van der Waals surface area contributed by atoms with E-state index >= 15 is 0 Å². The first-order valence-electron chi connectivity index (χ1n) is 6.84. The fourth-order valence-corrected chi connectivity index (χ4v) is 3.30. The minimum atomic E-state index is -3.26. The molecule has 0 aliphatic rings. The Hall–Kier alpha value is -1.85. The van der Waals surface area contributed by atoms with Crippen LogP contribution in [0.15, 0.2) is 53.4 Å². The SMILES string of the molecule is CCS(=O)(=O)c1ccccc1N(C)c1cccc(CN)c1. The second-order valence-electron chi connectivity index (χ2n) is 4.80. The van der Waals surface area contributed by atoms with Crippen LogP contribution < -0.4 is 10.6 Å². The van der Waals surface area contributed by atoms with Gasteiger partial charge in [-0.1, -0.05) is 31.2 Å². The third kappa shape index (κ3) is 3.25. The number of rotatable bonds is 5. The standard InChI is InChI=1S/C16H20N2O2S/c1-3-21(19,20)16-10-5-4-9-15(16)18(2)14-8-6-7-13(11-14)12-17/h4-11H,3,12,17H2,1-2H3. The first-order chi connectivity index (χ1) is 9.99. The van der Waals surface area contributed by atoms with Gasteiger partial charge < -0.3 is 10.6 Å². The highest BCUT2D eigenvalue weighted by molar-refractivity contribution is 7.91. The predicted molar refractivity (Wildman–Crippen MR) is 86.6 cm³/mol. The Bertz CT molecular complexity index is 727. The van der Waals surface area contributed by atoms with E-state index in [1.807, 2.05) is 48.3 Å². The minimum absolute atomic E-state index is 0.0840. The molecule has 0 bridgehead atoms. The minimum Gasteiger partial charge on any atom is -0.344 e. The molecular formula is C16H20N2O2S. The fourth-order valence-electron chi connectivity index (χ4n) is 2.18. The van der Waals surface area contributed by atoms with Crippen LogP contribution in [0.3, 0.4) is 0 Å². The molecule has 0 fully saturated rings. The molecule has 2 aromatic rings. The Morgan fingerprint density at radius 2 is 1.81 bits per heavy atom. The first kappa shape index (κ1) is 15.5. The lowest BCUT2D eigenvalue weighted by molar-refractivity contribution is 0.597. The van der Waals surface area contributed by atoms with Gasteiger partial charge in [-0.25, -0.2) is 8.42 Å². The normalized spacial score (nSPS) is 11.4. The molecule has 0 saturated heterocycles. The van der Waals surface area contributed by atoms with E-state index in [1.165, 1.54) is 0 Å². The molecule has 0 spiro atoms. The van der Waals surface area contributed by atoms with Gasteiger partial charge in [0.15, 0.2) is 9.84 Å². The lowest BCUT2D eigenvalue weighted by Gasteiger charge is -2.23. The van der Waals surface area contributed by atoms with Gasteiger partial charge in [0.1, 0.15) is 0 Å². The number of sulfone groups is 1. The molecule has 2 N–H and O–H groups in total. The van der Waals surface area contributed by atoms with Crippen LogP contribution in [0.1, 0.15) is 12.5 Å². The van der Waals surface area contributed by atoms with E-state index in [-0.39, 0.29) is 5.75 Å². The highest BCUT2D eigenvalue weighted by atomic mass is 32.2. The molecular weight excluding hydrogens is 284 g/mol. The molecule has 4 nitrogen and oxygen atoms in total. The van der Waals surface area contributed by atoms with Crippen molar-refractivity contribution in [3.05, 3.63) is 54.1 Å². The third-order valence-electron chi connectivity index (χ3n) is 3.48. The van der Waals surface area contributed by atoms with Crippen LogP contribution in [0.5, 0.6) is 0 Å². The average molecular weight is 304 g/mol. The van der Waals surface area contributed by atoms with Gasteiger partial charge >= 0.3 is 0 Å². The van der Waals surface area contributed by atoms with Gasteiger partial charge in [-0.05, 0) is 29.8 Å². The zero-order chi connectivity index (χ0) is 15.5. The van der Waals surface area contributed by atoms with E-state index in [2.05, 4.69) is 0 Å². The molecule has 0 aliphatic carbocycles. The summed E-state index contributed by atoms with van der Waals surface area (Å²) in [6, 6.07) is 14.8. The van der Waals surface area contributed by atoms with Crippen molar-refractivity contribution in [3.8, 4) is 0 Å². The topological polar surface area (TPSA) is 63.4 Å². The molecule has 2 aromatic carbocycles. The van der Waals surface area contributed by atoms with Crippen LogP contribution in [-0.4, -0.2) is 21.2 Å². The molecule has 0 unspecified atom stereocenters. The Morgan fingerprint density at radius 1 is 1.10 bits per heavy atom. The van der Waals surface area contributed by atoms with E-state index < -0.39 is 9.84 Å². The van der Waals surface area contributed by atoms with Crippen LogP contribution in [0.25, 0.3) is 0 Å². The number of nitrogens with two attached hydrogens (primary N) is 1. The molecule has 0 heterocycles. The summed E-state index contributed by atoms with van der Waals surface area (Å²) in [4.78, 5) is 2.23. The Balaban J connectivity index is 2.51. The van der Waals surface area contributed by atoms with E-state index in [0.717, 1.165) is 11.3 Å². The third-order valence-corrected chi connectivity index (χ3v) is 5.25. The van der Waals surface area contributed by atoms with Gasteiger partial charge in [0.25, 0.3) is 0 Å². The maximum absolute atomic E-state index is 12.2. The summed E-state index contributed by atoms with van der Waals surface area (Å²) in [5.41, 5.74) is 8.26. The zero-order valence-electron chi connectivity index (χ0n) is 12.3. The van der Waals surface area contributed by atoms with Crippen LogP contribution in [0.2, 0.25) is 0 Å². The van der Waals surface area contributed by atoms with Gasteiger partial charge in [0, 0.05) is 19.3 Å². The van der Waals surface area contributed by atoms with Crippen molar-refractivity contribution < 1.29 is 8.42 Å². The van der Waals surface area contributed by atoms with Crippen LogP contribution in [-0.2, 0) is 16.4 Å². The molecule has 0 atom stereocenters. The molecule has 21 heavy (non-hydrogen) atoms. The highest BCUT2D eigenvalue weighted by Gasteiger charge is 2.19. The van der Waals surface area contributed by atoms with Crippen molar-refractivity contribution in [2.24, 2.45) is 5.73 Å². The van der Waals surface area contributed by atoms with Crippen molar-refractivity contribution in [3.63, 3.8) is 0 Å². The maximum atomic E-state index is 12.2. The second kappa shape index (κ2) is 6.28. The molecule has 0 aromatic heterocycles. The largest absolute Gasteiger partial charge is 0.344 e. The monoisotopic (exact) mass is 304 g/mol. The number of nitrogens with zero attached hydrogens (tertiary/aromatic N) is 1. The summed E-state index contributed by atoms with van der Waals surface area (Å²) in [7, 11) is -1.40. The van der Waals surface area contributed by atoms with Crippen molar-refractivity contribution >= 4 is 21.2 Å². The molecule has 5 heteroatoms. The molecule has 0 radical (unpaired) electrons. The molecule has 2 rings (SSSR count). The lowest BCUT2D eigenvalue weighted by Crippen LogP contribution is -2.15. The highest BCUT2D eigenvalue weighted by Crippen LogP contribution is 2.30. The zero-order valence-corrected chi connectivity index (χ0v) is 13.1. The van der Waals surface area contributed by atoms with E-state index in [0.29, 0.717) is 17.1 Å². The van der Waals surface area contributed by atoms with Crippen molar-refractivity contribution in [2.75, 3.05) is 17.7 Å². The first-order valence-corrected chi connectivity index (χ1v) is 8.49. The van der Waals surface area contributed by atoms with Gasteiger partial charge in [0.2, 0.25) is 0 Å². The maximum Gasteiger partial charge on any atom is 0.180 e. The number of benzene rings is 2. The van der Waals surface area contributed by atoms with E-state index in [9.17, 15) is 8.42 Å². The average Bonchev–Trinajstić information content (AvgIpc) is 2.54. The number of hydrogen-bond acceptors (Lipinski definition) is 4. The number of anilines is 2. The Morgan fingerprint density at radius 3 is 2.48 bits per heavy atom. The number of hydrogen-bond donors (Lipinski definition) is 1. The van der Waals surface area contributed by atoms with Crippen LogP contribution in [0, 0.1) is 0 Å². The summed E-state index contributed by atoms with van der Waals surface area (Å²) in [6.45, 7) is 2.11. The van der Waals surface area contributed by atoms with Gasteiger partial charge in [-0.3, -0.25) is 0 Å². The summed E-state index contributed by atoms with van der Waals surface area (Å²) in [5.74, 6) is 0.0840.